The fraction of sp³-hybridized carbons (Fsp3) is 0.300. The zero-order valence-electron chi connectivity index (χ0n) is 13.8. The molecule has 0 saturated heterocycles. The molecule has 4 nitrogen and oxygen atoms in total. The van der Waals surface area contributed by atoms with E-state index in [1.54, 1.807) is 36.4 Å². The highest BCUT2D eigenvalue weighted by atomic mass is 16.2. The Bertz CT molecular complexity index is 714. The summed E-state index contributed by atoms with van der Waals surface area (Å²) < 4.78 is 0. The summed E-state index contributed by atoms with van der Waals surface area (Å²) in [5, 5.41) is 5.91. The monoisotopic (exact) mass is 322 g/mol. The average molecular weight is 322 g/mol. The average Bonchev–Trinajstić information content (AvgIpc) is 3.09. The van der Waals surface area contributed by atoms with Crippen molar-refractivity contribution in [3.8, 4) is 0 Å². The molecular formula is C20H22N2O2. The van der Waals surface area contributed by atoms with Gasteiger partial charge in [-0.15, -0.1) is 0 Å². The molecule has 4 heteroatoms. The molecule has 124 valence electrons. The van der Waals surface area contributed by atoms with Crippen LogP contribution in [0.25, 0.3) is 0 Å². The molecule has 0 radical (unpaired) electrons. The summed E-state index contributed by atoms with van der Waals surface area (Å²) in [5.41, 5.74) is 3.03. The zero-order valence-corrected chi connectivity index (χ0v) is 13.8. The van der Waals surface area contributed by atoms with Crippen LogP contribution in [-0.2, 0) is 0 Å². The summed E-state index contributed by atoms with van der Waals surface area (Å²) in [6, 6.07) is 14.7. The lowest BCUT2D eigenvalue weighted by Gasteiger charge is -2.12. The lowest BCUT2D eigenvalue weighted by Crippen LogP contribution is -2.32. The minimum atomic E-state index is -0.154. The van der Waals surface area contributed by atoms with Crippen LogP contribution in [0.3, 0.4) is 0 Å². The number of carbonyl (C=O) groups excluding carboxylic acids is 2. The van der Waals surface area contributed by atoms with Gasteiger partial charge in [0.15, 0.2) is 0 Å². The second-order valence-corrected chi connectivity index (χ2v) is 6.35. The van der Waals surface area contributed by atoms with Gasteiger partial charge in [-0.1, -0.05) is 30.5 Å². The maximum atomic E-state index is 12.2. The molecule has 0 aromatic heterocycles. The molecule has 2 amide bonds. The minimum Gasteiger partial charge on any atom is -0.349 e. The molecule has 3 rings (SSSR count). The number of hydrogen-bond donors (Lipinski definition) is 2. The van der Waals surface area contributed by atoms with Crippen molar-refractivity contribution in [1.29, 1.82) is 0 Å². The Hall–Kier alpha value is -2.62. The van der Waals surface area contributed by atoms with Crippen LogP contribution in [0.15, 0.2) is 48.5 Å². The topological polar surface area (TPSA) is 58.2 Å². The summed E-state index contributed by atoms with van der Waals surface area (Å²) in [4.78, 5) is 24.4. The predicted octanol–water partition coefficient (Wildman–Crippen LogP) is 3.92. The highest BCUT2D eigenvalue weighted by Gasteiger charge is 2.17. The Morgan fingerprint density at radius 3 is 2.00 bits per heavy atom. The first kappa shape index (κ1) is 16.2. The first-order chi connectivity index (χ1) is 11.6. The van der Waals surface area contributed by atoms with Gasteiger partial charge in [0, 0.05) is 22.9 Å². The van der Waals surface area contributed by atoms with Crippen molar-refractivity contribution in [2.45, 2.75) is 38.6 Å². The Morgan fingerprint density at radius 1 is 0.833 bits per heavy atom. The van der Waals surface area contributed by atoms with Crippen LogP contribution < -0.4 is 10.6 Å². The number of hydrogen-bond acceptors (Lipinski definition) is 2. The summed E-state index contributed by atoms with van der Waals surface area (Å²) in [7, 11) is 0. The Kier molecular flexibility index (Phi) is 4.94. The molecule has 24 heavy (non-hydrogen) atoms. The first-order valence-corrected chi connectivity index (χ1v) is 8.41. The largest absolute Gasteiger partial charge is 0.349 e. The third kappa shape index (κ3) is 4.02. The van der Waals surface area contributed by atoms with Gasteiger partial charge in [0.25, 0.3) is 11.8 Å². The maximum Gasteiger partial charge on any atom is 0.255 e. The Balaban J connectivity index is 1.60. The van der Waals surface area contributed by atoms with Crippen molar-refractivity contribution in [2.75, 3.05) is 5.32 Å². The van der Waals surface area contributed by atoms with Gasteiger partial charge in [0.2, 0.25) is 0 Å². The summed E-state index contributed by atoms with van der Waals surface area (Å²) in [6.07, 6.45) is 4.51. The summed E-state index contributed by atoms with van der Waals surface area (Å²) in [6.45, 7) is 1.98. The number of nitrogens with one attached hydrogen (secondary N) is 2. The second kappa shape index (κ2) is 7.30. The molecular weight excluding hydrogens is 300 g/mol. The SMILES string of the molecule is Cc1ccc(C(=O)Nc2ccc(C(=O)NC3CCCC3)cc2)cc1. The van der Waals surface area contributed by atoms with E-state index in [2.05, 4.69) is 10.6 Å². The standard InChI is InChI=1S/C20H22N2O2/c1-14-6-8-15(9-7-14)19(23)22-18-12-10-16(11-13-18)20(24)21-17-4-2-3-5-17/h6-13,17H,2-5H2,1H3,(H,21,24)(H,22,23). The number of benzene rings is 2. The third-order valence-electron chi connectivity index (χ3n) is 4.41. The van der Waals surface area contributed by atoms with Gasteiger partial charge >= 0.3 is 0 Å². The lowest BCUT2D eigenvalue weighted by molar-refractivity contribution is 0.0937. The smallest absolute Gasteiger partial charge is 0.255 e. The minimum absolute atomic E-state index is 0.0432. The zero-order chi connectivity index (χ0) is 16.9. The molecule has 1 aliphatic rings. The van der Waals surface area contributed by atoms with Gasteiger partial charge in [-0.05, 0) is 56.2 Å². The summed E-state index contributed by atoms with van der Waals surface area (Å²) >= 11 is 0. The Labute approximate surface area is 142 Å². The van der Waals surface area contributed by atoms with Gasteiger partial charge < -0.3 is 10.6 Å². The molecule has 0 atom stereocenters. The van der Waals surface area contributed by atoms with Crippen LogP contribution in [0.1, 0.15) is 52.0 Å². The molecule has 1 saturated carbocycles. The third-order valence-corrected chi connectivity index (χ3v) is 4.41. The van der Waals surface area contributed by atoms with E-state index >= 15 is 0 Å². The van der Waals surface area contributed by atoms with Crippen molar-refractivity contribution in [2.24, 2.45) is 0 Å². The van der Waals surface area contributed by atoms with Crippen molar-refractivity contribution >= 4 is 17.5 Å². The van der Waals surface area contributed by atoms with Crippen LogP contribution in [0.5, 0.6) is 0 Å². The molecule has 0 heterocycles. The fourth-order valence-corrected chi connectivity index (χ4v) is 2.95. The number of carbonyl (C=O) groups is 2. The molecule has 0 spiro atoms. The van der Waals surface area contributed by atoms with Crippen molar-refractivity contribution in [3.05, 3.63) is 65.2 Å². The van der Waals surface area contributed by atoms with Crippen LogP contribution in [-0.4, -0.2) is 17.9 Å². The van der Waals surface area contributed by atoms with Crippen LogP contribution in [0.4, 0.5) is 5.69 Å². The second-order valence-electron chi connectivity index (χ2n) is 6.35. The molecule has 0 unspecified atom stereocenters. The number of amides is 2. The molecule has 2 aromatic carbocycles. The van der Waals surface area contributed by atoms with Crippen molar-refractivity contribution in [1.82, 2.24) is 5.32 Å². The van der Waals surface area contributed by atoms with Gasteiger partial charge in [-0.3, -0.25) is 9.59 Å². The van der Waals surface area contributed by atoms with Gasteiger partial charge in [-0.2, -0.15) is 0 Å². The van der Waals surface area contributed by atoms with Crippen LogP contribution in [0.2, 0.25) is 0 Å². The molecule has 2 aromatic rings. The van der Waals surface area contributed by atoms with Gasteiger partial charge in [0.1, 0.15) is 0 Å². The normalized spacial score (nSPS) is 14.4. The molecule has 2 N–H and O–H groups in total. The van der Waals surface area contributed by atoms with E-state index < -0.39 is 0 Å². The Morgan fingerprint density at radius 2 is 1.38 bits per heavy atom. The van der Waals surface area contributed by atoms with E-state index in [1.165, 1.54) is 12.8 Å². The molecule has 0 bridgehead atoms. The van der Waals surface area contributed by atoms with E-state index in [-0.39, 0.29) is 11.8 Å². The molecule has 0 aliphatic heterocycles. The van der Waals surface area contributed by atoms with E-state index in [1.807, 2.05) is 19.1 Å². The van der Waals surface area contributed by atoms with E-state index in [0.29, 0.717) is 22.9 Å². The first-order valence-electron chi connectivity index (χ1n) is 8.41. The summed E-state index contributed by atoms with van der Waals surface area (Å²) in [5.74, 6) is -0.198. The fourth-order valence-electron chi connectivity index (χ4n) is 2.95. The van der Waals surface area contributed by atoms with Crippen molar-refractivity contribution < 1.29 is 9.59 Å². The van der Waals surface area contributed by atoms with Crippen LogP contribution in [0, 0.1) is 6.92 Å². The van der Waals surface area contributed by atoms with E-state index in [4.69, 9.17) is 0 Å². The van der Waals surface area contributed by atoms with Crippen LogP contribution >= 0.6 is 0 Å². The maximum absolute atomic E-state index is 12.2. The highest BCUT2D eigenvalue weighted by molar-refractivity contribution is 6.04. The molecule has 1 aliphatic carbocycles. The number of aryl methyl sites for hydroxylation is 1. The van der Waals surface area contributed by atoms with Gasteiger partial charge in [-0.25, -0.2) is 0 Å². The quantitative estimate of drug-likeness (QED) is 0.896. The highest BCUT2D eigenvalue weighted by Crippen LogP contribution is 2.18. The lowest BCUT2D eigenvalue weighted by atomic mass is 10.1. The van der Waals surface area contributed by atoms with E-state index in [0.717, 1.165) is 18.4 Å². The van der Waals surface area contributed by atoms with Gasteiger partial charge in [0.05, 0.1) is 0 Å². The molecule has 1 fully saturated rings. The number of rotatable bonds is 4. The van der Waals surface area contributed by atoms with E-state index in [9.17, 15) is 9.59 Å². The number of anilines is 1. The van der Waals surface area contributed by atoms with Crippen molar-refractivity contribution in [3.63, 3.8) is 0 Å². The predicted molar refractivity (Wildman–Crippen MR) is 95.3 cm³/mol.